The molecule has 0 bridgehead atoms. The number of likely N-dealkylation sites (N-methyl/N-ethyl adjacent to an activating group) is 1. The largest absolute Gasteiger partial charge is 0.399 e. The van der Waals surface area contributed by atoms with E-state index in [1.807, 2.05) is 43.3 Å². The quantitative estimate of drug-likeness (QED) is 0.485. The monoisotopic (exact) mass is 459 g/mol. The Bertz CT molecular complexity index is 1230. The Balaban J connectivity index is 1.60. The number of nitrogens with one attached hydrogen (secondary N) is 2. The van der Waals surface area contributed by atoms with Gasteiger partial charge >= 0.3 is 0 Å². The highest BCUT2D eigenvalue weighted by molar-refractivity contribution is 6.31. The van der Waals surface area contributed by atoms with Gasteiger partial charge in [-0.2, -0.15) is 0 Å². The standard InChI is InChI=1S/C26H26ClN5O/c1-26(22-13-18(9-10-30-22)19-11-20(27)14-21(28)12-19)23(24(33)32(2)25(29)31-26)17-7-5-16(6-8-17)15-3-4-15/h5-15,23H,3-4,28H2,1-2H3,(H2,29,31)/t23-,26-/m1/s1. The maximum Gasteiger partial charge on any atom is 0.239 e. The first kappa shape index (κ1) is 21.5. The number of nitrogen functional groups attached to an aromatic ring is 1. The minimum absolute atomic E-state index is 0.0487. The highest BCUT2D eigenvalue weighted by Gasteiger charge is 2.49. The Labute approximate surface area is 198 Å². The number of aromatic nitrogens is 1. The van der Waals surface area contributed by atoms with Crippen LogP contribution in [0.4, 0.5) is 5.69 Å². The van der Waals surface area contributed by atoms with E-state index in [1.165, 1.54) is 23.3 Å². The molecule has 2 aliphatic rings. The molecule has 1 aromatic heterocycles. The summed E-state index contributed by atoms with van der Waals surface area (Å²) in [5.74, 6) is 0.00848. The molecule has 2 fully saturated rings. The van der Waals surface area contributed by atoms with E-state index in [4.69, 9.17) is 22.7 Å². The van der Waals surface area contributed by atoms with Crippen molar-refractivity contribution in [2.75, 3.05) is 12.8 Å². The van der Waals surface area contributed by atoms with Crippen molar-refractivity contribution < 1.29 is 4.79 Å². The first-order valence-corrected chi connectivity index (χ1v) is 11.4. The number of hydrogen-bond donors (Lipinski definition) is 3. The van der Waals surface area contributed by atoms with E-state index in [-0.39, 0.29) is 11.9 Å². The molecule has 1 saturated heterocycles. The highest BCUT2D eigenvalue weighted by Crippen LogP contribution is 2.43. The number of rotatable bonds is 4. The van der Waals surface area contributed by atoms with Crippen molar-refractivity contribution >= 4 is 29.2 Å². The van der Waals surface area contributed by atoms with Crippen molar-refractivity contribution in [3.8, 4) is 11.1 Å². The SMILES string of the molecule is CN1C(=N)N[C@](C)(c2cc(-c3cc(N)cc(Cl)c3)ccn2)[C@H](c2ccc(C3CC3)cc2)C1=O. The normalized spacial score (nSPS) is 22.9. The molecular formula is C26H26ClN5O. The lowest BCUT2D eigenvalue weighted by atomic mass is 9.75. The molecule has 0 spiro atoms. The van der Waals surface area contributed by atoms with Crippen molar-refractivity contribution in [2.24, 2.45) is 0 Å². The zero-order valence-electron chi connectivity index (χ0n) is 18.6. The van der Waals surface area contributed by atoms with Gasteiger partial charge in [-0.1, -0.05) is 35.9 Å². The van der Waals surface area contributed by atoms with Gasteiger partial charge in [-0.3, -0.25) is 20.1 Å². The Morgan fingerprint density at radius 2 is 1.79 bits per heavy atom. The van der Waals surface area contributed by atoms with Gasteiger partial charge in [-0.25, -0.2) is 0 Å². The summed E-state index contributed by atoms with van der Waals surface area (Å²) in [7, 11) is 1.63. The molecule has 0 radical (unpaired) electrons. The summed E-state index contributed by atoms with van der Waals surface area (Å²) in [6.07, 6.45) is 4.17. The smallest absolute Gasteiger partial charge is 0.239 e. The maximum atomic E-state index is 13.5. The molecule has 1 aliphatic heterocycles. The van der Waals surface area contributed by atoms with E-state index in [0.29, 0.717) is 22.3 Å². The van der Waals surface area contributed by atoms with E-state index in [0.717, 1.165) is 16.7 Å². The fraction of sp³-hybridized carbons (Fsp3) is 0.269. The van der Waals surface area contributed by atoms with E-state index >= 15 is 0 Å². The van der Waals surface area contributed by atoms with Gasteiger partial charge in [0.25, 0.3) is 0 Å². The van der Waals surface area contributed by atoms with Crippen LogP contribution in [0.15, 0.2) is 60.8 Å². The molecule has 33 heavy (non-hydrogen) atoms. The zero-order valence-corrected chi connectivity index (χ0v) is 19.4. The Kier molecular flexibility index (Phi) is 5.13. The summed E-state index contributed by atoms with van der Waals surface area (Å²) in [6.45, 7) is 1.93. The molecule has 1 saturated carbocycles. The molecule has 5 rings (SSSR count). The van der Waals surface area contributed by atoms with Crippen molar-refractivity contribution in [2.45, 2.75) is 37.1 Å². The van der Waals surface area contributed by atoms with Crippen LogP contribution in [0.2, 0.25) is 5.02 Å². The molecule has 2 aromatic carbocycles. The van der Waals surface area contributed by atoms with Gasteiger partial charge in [0.1, 0.15) is 0 Å². The van der Waals surface area contributed by atoms with E-state index in [2.05, 4.69) is 22.4 Å². The summed E-state index contributed by atoms with van der Waals surface area (Å²) >= 11 is 6.23. The third-order valence-electron chi connectivity index (χ3n) is 6.73. The third kappa shape index (κ3) is 3.85. The summed E-state index contributed by atoms with van der Waals surface area (Å²) in [4.78, 5) is 19.5. The second-order valence-corrected chi connectivity index (χ2v) is 9.59. The van der Waals surface area contributed by atoms with Crippen LogP contribution in [0.3, 0.4) is 0 Å². The summed E-state index contributed by atoms with van der Waals surface area (Å²) < 4.78 is 0. The lowest BCUT2D eigenvalue weighted by molar-refractivity contribution is -0.131. The number of pyridine rings is 1. The van der Waals surface area contributed by atoms with Crippen molar-refractivity contribution in [1.29, 1.82) is 5.41 Å². The third-order valence-corrected chi connectivity index (χ3v) is 6.95. The predicted molar refractivity (Wildman–Crippen MR) is 131 cm³/mol. The minimum atomic E-state index is -0.915. The van der Waals surface area contributed by atoms with Crippen molar-refractivity contribution in [3.63, 3.8) is 0 Å². The average Bonchev–Trinajstić information content (AvgIpc) is 3.63. The highest BCUT2D eigenvalue weighted by atomic mass is 35.5. The number of nitrogens with two attached hydrogens (primary N) is 1. The van der Waals surface area contributed by atoms with Crippen LogP contribution < -0.4 is 11.1 Å². The lowest BCUT2D eigenvalue weighted by Gasteiger charge is -2.45. The van der Waals surface area contributed by atoms with Gasteiger partial charge in [0.15, 0.2) is 5.96 Å². The number of halogens is 1. The number of guanidine groups is 1. The summed E-state index contributed by atoms with van der Waals surface area (Å²) in [5, 5.41) is 12.2. The fourth-order valence-electron chi connectivity index (χ4n) is 4.69. The molecule has 2 heterocycles. The molecule has 6 nitrogen and oxygen atoms in total. The Morgan fingerprint density at radius 3 is 2.45 bits per heavy atom. The number of anilines is 1. The van der Waals surface area contributed by atoms with Crippen LogP contribution in [0, 0.1) is 5.41 Å². The van der Waals surface area contributed by atoms with Gasteiger partial charge in [0.2, 0.25) is 5.91 Å². The molecule has 168 valence electrons. The molecule has 4 N–H and O–H groups in total. The van der Waals surface area contributed by atoms with Gasteiger partial charge in [-0.15, -0.1) is 0 Å². The topological polar surface area (TPSA) is 95.1 Å². The molecule has 1 aliphatic carbocycles. The zero-order chi connectivity index (χ0) is 23.3. The van der Waals surface area contributed by atoms with Gasteiger partial charge in [-0.05, 0) is 78.3 Å². The Hall–Kier alpha value is -3.38. The first-order valence-electron chi connectivity index (χ1n) is 11.0. The van der Waals surface area contributed by atoms with Crippen LogP contribution >= 0.6 is 11.6 Å². The van der Waals surface area contributed by atoms with E-state index in [1.54, 1.807) is 19.3 Å². The van der Waals surface area contributed by atoms with Crippen LogP contribution in [-0.4, -0.2) is 28.8 Å². The minimum Gasteiger partial charge on any atom is -0.399 e. The fourth-order valence-corrected chi connectivity index (χ4v) is 4.93. The molecular weight excluding hydrogens is 434 g/mol. The molecule has 7 heteroatoms. The number of benzene rings is 2. The average molecular weight is 460 g/mol. The number of hydrogen-bond acceptors (Lipinski definition) is 4. The molecule has 3 aromatic rings. The Morgan fingerprint density at radius 1 is 1.09 bits per heavy atom. The molecule has 1 amide bonds. The predicted octanol–water partition coefficient (Wildman–Crippen LogP) is 4.86. The van der Waals surface area contributed by atoms with Crippen molar-refractivity contribution in [1.82, 2.24) is 15.2 Å². The second-order valence-electron chi connectivity index (χ2n) is 9.15. The maximum absolute atomic E-state index is 13.5. The van der Waals surface area contributed by atoms with Crippen LogP contribution in [0.5, 0.6) is 0 Å². The van der Waals surface area contributed by atoms with Crippen molar-refractivity contribution in [3.05, 3.63) is 82.6 Å². The van der Waals surface area contributed by atoms with E-state index < -0.39 is 11.5 Å². The van der Waals surface area contributed by atoms with Crippen LogP contribution in [0.1, 0.15) is 48.4 Å². The second kappa shape index (κ2) is 7.89. The van der Waals surface area contributed by atoms with Crippen LogP contribution in [-0.2, 0) is 10.3 Å². The number of nitrogens with zero attached hydrogens (tertiary/aromatic N) is 2. The first-order chi connectivity index (χ1) is 15.8. The number of carbonyl (C=O) groups is 1. The molecule has 2 atom stereocenters. The van der Waals surface area contributed by atoms with Crippen LogP contribution in [0.25, 0.3) is 11.1 Å². The van der Waals surface area contributed by atoms with Gasteiger partial charge < -0.3 is 11.1 Å². The summed E-state index contributed by atoms with van der Waals surface area (Å²) in [5.41, 5.74) is 10.3. The van der Waals surface area contributed by atoms with Gasteiger partial charge in [0, 0.05) is 24.0 Å². The van der Waals surface area contributed by atoms with Gasteiger partial charge in [0.05, 0.1) is 17.2 Å². The number of carbonyl (C=O) groups excluding carboxylic acids is 1. The lowest BCUT2D eigenvalue weighted by Crippen LogP contribution is -2.62. The number of amides is 1. The summed E-state index contributed by atoms with van der Waals surface area (Å²) in [6, 6.07) is 17.6. The van der Waals surface area contributed by atoms with E-state index in [9.17, 15) is 4.79 Å². The molecule has 0 unspecified atom stereocenters.